The van der Waals surface area contributed by atoms with Crippen molar-refractivity contribution in [2.75, 3.05) is 6.54 Å². The molecular weight excluding hydrogens is 258 g/mol. The monoisotopic (exact) mass is 283 g/mol. The summed E-state index contributed by atoms with van der Waals surface area (Å²) in [6, 6.07) is 14.5. The van der Waals surface area contributed by atoms with E-state index in [2.05, 4.69) is 52.0 Å². The molecule has 21 heavy (non-hydrogen) atoms. The Bertz CT molecular complexity index is 611. The van der Waals surface area contributed by atoms with Gasteiger partial charge in [-0.1, -0.05) is 56.7 Å². The molecule has 2 aromatic carbocycles. The van der Waals surface area contributed by atoms with Crippen molar-refractivity contribution in [2.45, 2.75) is 39.5 Å². The Hall–Kier alpha value is -1.80. The van der Waals surface area contributed by atoms with Crippen LogP contribution in [0.1, 0.15) is 37.5 Å². The number of hydrogen-bond donors (Lipinski definition) is 1. The van der Waals surface area contributed by atoms with E-state index in [0.29, 0.717) is 6.54 Å². The van der Waals surface area contributed by atoms with Crippen molar-refractivity contribution in [1.82, 2.24) is 0 Å². The van der Waals surface area contributed by atoms with Gasteiger partial charge in [-0.05, 0) is 43.0 Å². The van der Waals surface area contributed by atoms with Crippen LogP contribution in [0.15, 0.2) is 42.5 Å². The molecule has 2 nitrogen and oxygen atoms in total. The van der Waals surface area contributed by atoms with Crippen molar-refractivity contribution in [3.8, 4) is 11.5 Å². The molecule has 0 radical (unpaired) electrons. The third kappa shape index (κ3) is 3.85. The van der Waals surface area contributed by atoms with Crippen LogP contribution in [-0.2, 0) is 11.8 Å². The van der Waals surface area contributed by atoms with Gasteiger partial charge >= 0.3 is 0 Å². The Morgan fingerprint density at radius 3 is 2.38 bits per heavy atom. The predicted octanol–water partition coefficient (Wildman–Crippen LogP) is 4.59. The summed E-state index contributed by atoms with van der Waals surface area (Å²) in [5, 5.41) is 0. The van der Waals surface area contributed by atoms with Crippen LogP contribution in [0.25, 0.3) is 0 Å². The molecule has 0 saturated heterocycles. The second-order valence-electron chi connectivity index (χ2n) is 6.50. The van der Waals surface area contributed by atoms with Crippen molar-refractivity contribution >= 4 is 0 Å². The van der Waals surface area contributed by atoms with E-state index in [-0.39, 0.29) is 5.41 Å². The van der Waals surface area contributed by atoms with Gasteiger partial charge in [0.25, 0.3) is 0 Å². The summed E-state index contributed by atoms with van der Waals surface area (Å²) in [4.78, 5) is 0. The molecule has 0 saturated carbocycles. The molecule has 0 aliphatic heterocycles. The lowest BCUT2D eigenvalue weighted by Crippen LogP contribution is -2.12. The van der Waals surface area contributed by atoms with E-state index in [9.17, 15) is 0 Å². The number of ether oxygens (including phenoxy) is 1. The van der Waals surface area contributed by atoms with Crippen LogP contribution in [0, 0.1) is 6.92 Å². The predicted molar refractivity (Wildman–Crippen MR) is 89.2 cm³/mol. The quantitative estimate of drug-likeness (QED) is 0.891. The van der Waals surface area contributed by atoms with Gasteiger partial charge < -0.3 is 10.5 Å². The summed E-state index contributed by atoms with van der Waals surface area (Å²) in [6.07, 6.45) is 0.828. The summed E-state index contributed by atoms with van der Waals surface area (Å²) in [7, 11) is 0. The standard InChI is InChI=1S/C19H25NO/c1-14-9-10-17(15(13-14)11-12-20)21-18-8-6-5-7-16(18)19(2,3)4/h5-10,13H,11-12,20H2,1-4H3. The van der Waals surface area contributed by atoms with Crippen LogP contribution >= 0.6 is 0 Å². The maximum Gasteiger partial charge on any atom is 0.131 e. The maximum atomic E-state index is 6.22. The minimum Gasteiger partial charge on any atom is -0.457 e. The van der Waals surface area contributed by atoms with Crippen LogP contribution in [0.3, 0.4) is 0 Å². The Balaban J connectivity index is 2.39. The largest absolute Gasteiger partial charge is 0.457 e. The zero-order valence-electron chi connectivity index (χ0n) is 13.4. The van der Waals surface area contributed by atoms with Gasteiger partial charge in [-0.2, -0.15) is 0 Å². The average molecular weight is 283 g/mol. The van der Waals surface area contributed by atoms with Gasteiger partial charge in [0.2, 0.25) is 0 Å². The van der Waals surface area contributed by atoms with Crippen molar-refractivity contribution in [3.63, 3.8) is 0 Å². The van der Waals surface area contributed by atoms with E-state index < -0.39 is 0 Å². The molecule has 2 heteroatoms. The number of aryl methyl sites for hydroxylation is 1. The van der Waals surface area contributed by atoms with Gasteiger partial charge in [0, 0.05) is 5.56 Å². The molecule has 0 unspecified atom stereocenters. The van der Waals surface area contributed by atoms with Crippen LogP contribution < -0.4 is 10.5 Å². The van der Waals surface area contributed by atoms with Crippen molar-refractivity contribution in [2.24, 2.45) is 5.73 Å². The smallest absolute Gasteiger partial charge is 0.131 e. The summed E-state index contributed by atoms with van der Waals surface area (Å²) >= 11 is 0. The molecule has 0 amide bonds. The number of rotatable bonds is 4. The van der Waals surface area contributed by atoms with Gasteiger partial charge in [0.05, 0.1) is 0 Å². The van der Waals surface area contributed by atoms with E-state index in [4.69, 9.17) is 10.5 Å². The first-order valence-electron chi connectivity index (χ1n) is 7.49. The summed E-state index contributed by atoms with van der Waals surface area (Å²) in [5.41, 5.74) is 9.38. The van der Waals surface area contributed by atoms with Gasteiger partial charge in [0.15, 0.2) is 0 Å². The maximum absolute atomic E-state index is 6.22. The molecule has 0 aliphatic carbocycles. The molecule has 2 N–H and O–H groups in total. The molecule has 0 aliphatic rings. The van der Waals surface area contributed by atoms with Crippen molar-refractivity contribution in [1.29, 1.82) is 0 Å². The van der Waals surface area contributed by atoms with E-state index in [1.54, 1.807) is 0 Å². The van der Waals surface area contributed by atoms with Crippen LogP contribution in [-0.4, -0.2) is 6.54 Å². The third-order valence-corrected chi connectivity index (χ3v) is 3.54. The van der Waals surface area contributed by atoms with Gasteiger partial charge in [-0.15, -0.1) is 0 Å². The second-order valence-corrected chi connectivity index (χ2v) is 6.50. The lowest BCUT2D eigenvalue weighted by Gasteiger charge is -2.23. The molecule has 0 spiro atoms. The zero-order valence-corrected chi connectivity index (χ0v) is 13.4. The van der Waals surface area contributed by atoms with E-state index in [0.717, 1.165) is 17.9 Å². The molecule has 0 fully saturated rings. The van der Waals surface area contributed by atoms with E-state index in [1.165, 1.54) is 16.7 Å². The SMILES string of the molecule is Cc1ccc(Oc2ccccc2C(C)(C)C)c(CCN)c1. The zero-order chi connectivity index (χ0) is 15.5. The Kier molecular flexibility index (Phi) is 4.69. The molecule has 2 rings (SSSR count). The summed E-state index contributed by atoms with van der Waals surface area (Å²) in [5.74, 6) is 1.83. The topological polar surface area (TPSA) is 35.2 Å². The van der Waals surface area contributed by atoms with Crippen LogP contribution in [0.4, 0.5) is 0 Å². The van der Waals surface area contributed by atoms with Crippen molar-refractivity contribution < 1.29 is 4.74 Å². The lowest BCUT2D eigenvalue weighted by molar-refractivity contribution is 0.450. The first-order chi connectivity index (χ1) is 9.91. The fraction of sp³-hybridized carbons (Fsp3) is 0.368. The molecule has 0 aromatic heterocycles. The minimum atomic E-state index is 0.0509. The average Bonchev–Trinajstić information content (AvgIpc) is 2.41. The van der Waals surface area contributed by atoms with Gasteiger partial charge in [0.1, 0.15) is 11.5 Å². The number of benzene rings is 2. The van der Waals surface area contributed by atoms with Crippen LogP contribution in [0.2, 0.25) is 0 Å². The highest BCUT2D eigenvalue weighted by molar-refractivity contribution is 5.45. The van der Waals surface area contributed by atoms with E-state index in [1.807, 2.05) is 18.2 Å². The number of para-hydroxylation sites is 1. The fourth-order valence-corrected chi connectivity index (χ4v) is 2.45. The van der Waals surface area contributed by atoms with Crippen molar-refractivity contribution in [3.05, 3.63) is 59.2 Å². The fourth-order valence-electron chi connectivity index (χ4n) is 2.45. The highest BCUT2D eigenvalue weighted by Crippen LogP contribution is 2.35. The molecule has 112 valence electrons. The molecule has 0 atom stereocenters. The number of hydrogen-bond acceptors (Lipinski definition) is 2. The minimum absolute atomic E-state index is 0.0509. The molecule has 0 bridgehead atoms. The molecule has 2 aromatic rings. The first-order valence-corrected chi connectivity index (χ1v) is 7.49. The normalized spacial score (nSPS) is 11.5. The first kappa shape index (κ1) is 15.6. The molecular formula is C19H25NO. The highest BCUT2D eigenvalue weighted by Gasteiger charge is 2.19. The Morgan fingerprint density at radius 2 is 1.71 bits per heavy atom. The summed E-state index contributed by atoms with van der Waals surface area (Å²) in [6.45, 7) is 9.31. The summed E-state index contributed by atoms with van der Waals surface area (Å²) < 4.78 is 6.22. The third-order valence-electron chi connectivity index (χ3n) is 3.54. The lowest BCUT2D eigenvalue weighted by atomic mass is 9.86. The molecule has 0 heterocycles. The van der Waals surface area contributed by atoms with Gasteiger partial charge in [-0.3, -0.25) is 0 Å². The number of nitrogens with two attached hydrogens (primary N) is 1. The van der Waals surface area contributed by atoms with Gasteiger partial charge in [-0.25, -0.2) is 0 Å². The van der Waals surface area contributed by atoms with E-state index >= 15 is 0 Å². The van der Waals surface area contributed by atoms with Crippen LogP contribution in [0.5, 0.6) is 11.5 Å². The Labute approximate surface area is 127 Å². The highest BCUT2D eigenvalue weighted by atomic mass is 16.5. The second kappa shape index (κ2) is 6.31. The Morgan fingerprint density at radius 1 is 1.00 bits per heavy atom.